The average molecular weight is 245 g/mol. The smallest absolute Gasteiger partial charge is 0.328 e. The van der Waals surface area contributed by atoms with Crippen molar-refractivity contribution in [3.63, 3.8) is 0 Å². The highest BCUT2D eigenvalue weighted by Crippen LogP contribution is 2.00. The summed E-state index contributed by atoms with van der Waals surface area (Å²) in [5, 5.41) is 2.46. The third-order valence-electron chi connectivity index (χ3n) is 1.95. The van der Waals surface area contributed by atoms with Crippen LogP contribution in [0.2, 0.25) is 0 Å². The highest BCUT2D eigenvalue weighted by Gasteiger charge is 2.20. The molecule has 7 N–H and O–H groups in total. The fourth-order valence-corrected chi connectivity index (χ4v) is 1.15. The molecule has 0 aromatic rings. The Labute approximate surface area is 99.6 Å². The number of rotatable bonds is 7. The van der Waals surface area contributed by atoms with Crippen LogP contribution >= 0.6 is 0 Å². The van der Waals surface area contributed by atoms with Crippen LogP contribution in [0.3, 0.4) is 0 Å². The number of nitrogens with two attached hydrogens (primary N) is 3. The molecule has 0 heterocycles. The maximum atomic E-state index is 11.3. The van der Waals surface area contributed by atoms with Gasteiger partial charge < -0.3 is 27.3 Å². The van der Waals surface area contributed by atoms with Gasteiger partial charge in [-0.1, -0.05) is 0 Å². The van der Waals surface area contributed by atoms with Crippen LogP contribution in [-0.2, 0) is 14.3 Å². The first-order chi connectivity index (χ1) is 8.01. The van der Waals surface area contributed by atoms with E-state index in [4.69, 9.17) is 17.2 Å². The van der Waals surface area contributed by atoms with Gasteiger partial charge in [0.25, 0.3) is 0 Å². The summed E-state index contributed by atoms with van der Waals surface area (Å²) < 4.78 is 4.56. The zero-order chi connectivity index (χ0) is 13.3. The number of nitrogens with one attached hydrogen (secondary N) is 1. The molecule has 8 heteroatoms. The fourth-order valence-electron chi connectivity index (χ4n) is 1.15. The van der Waals surface area contributed by atoms with Crippen LogP contribution in [0, 0.1) is 0 Å². The van der Waals surface area contributed by atoms with Crippen molar-refractivity contribution in [2.45, 2.75) is 18.9 Å². The molecule has 0 aliphatic carbocycles. The first-order valence-corrected chi connectivity index (χ1v) is 5.14. The average Bonchev–Trinajstić information content (AvgIpc) is 2.31. The van der Waals surface area contributed by atoms with E-state index in [1.54, 1.807) is 0 Å². The number of carbonyl (C=O) groups is 2. The fraction of sp³-hybridized carbons (Fsp3) is 0.667. The standard InChI is InChI=1S/C9H19N5O3/c1-17-8(16)6(14-7(15)5-10)3-2-4-13-9(11)12/h6H,2-5,10H2,1H3,(H,14,15)(H4,11,12,13)/t6-/m0/s1. The monoisotopic (exact) mass is 245 g/mol. The molecule has 0 radical (unpaired) electrons. The highest BCUT2D eigenvalue weighted by molar-refractivity contribution is 5.85. The van der Waals surface area contributed by atoms with Gasteiger partial charge in [-0.3, -0.25) is 9.79 Å². The van der Waals surface area contributed by atoms with E-state index >= 15 is 0 Å². The molecule has 0 aromatic heterocycles. The van der Waals surface area contributed by atoms with Gasteiger partial charge in [-0.05, 0) is 12.8 Å². The summed E-state index contributed by atoms with van der Waals surface area (Å²) >= 11 is 0. The lowest BCUT2D eigenvalue weighted by molar-refractivity contribution is -0.145. The molecule has 1 amide bonds. The lowest BCUT2D eigenvalue weighted by Gasteiger charge is -2.15. The number of nitrogens with zero attached hydrogens (tertiary/aromatic N) is 1. The minimum atomic E-state index is -0.717. The van der Waals surface area contributed by atoms with Crippen molar-refractivity contribution in [3.8, 4) is 0 Å². The van der Waals surface area contributed by atoms with Gasteiger partial charge in [-0.25, -0.2) is 4.79 Å². The van der Waals surface area contributed by atoms with Gasteiger partial charge in [0, 0.05) is 6.54 Å². The van der Waals surface area contributed by atoms with Crippen LogP contribution < -0.4 is 22.5 Å². The van der Waals surface area contributed by atoms with Crippen molar-refractivity contribution in [1.82, 2.24) is 5.32 Å². The summed E-state index contributed by atoms with van der Waals surface area (Å²) in [4.78, 5) is 26.2. The number of methoxy groups -OCH3 is 1. The van der Waals surface area contributed by atoms with Crippen molar-refractivity contribution < 1.29 is 14.3 Å². The van der Waals surface area contributed by atoms with E-state index < -0.39 is 17.9 Å². The second-order valence-corrected chi connectivity index (χ2v) is 3.30. The van der Waals surface area contributed by atoms with Crippen LogP contribution in [0.1, 0.15) is 12.8 Å². The van der Waals surface area contributed by atoms with Crippen LogP contribution in [0.25, 0.3) is 0 Å². The number of esters is 1. The van der Waals surface area contributed by atoms with Crippen molar-refractivity contribution in [3.05, 3.63) is 0 Å². The van der Waals surface area contributed by atoms with E-state index in [9.17, 15) is 9.59 Å². The minimum absolute atomic E-state index is 0.00869. The number of aliphatic imine (C=N–C) groups is 1. The summed E-state index contributed by atoms with van der Waals surface area (Å²) in [6, 6.07) is -0.717. The molecule has 8 nitrogen and oxygen atoms in total. The molecular formula is C9H19N5O3. The van der Waals surface area contributed by atoms with Gasteiger partial charge in [0.15, 0.2) is 5.96 Å². The zero-order valence-electron chi connectivity index (χ0n) is 9.81. The normalized spacial score (nSPS) is 11.4. The summed E-state index contributed by atoms with van der Waals surface area (Å²) in [5.41, 5.74) is 15.4. The van der Waals surface area contributed by atoms with E-state index in [0.717, 1.165) is 0 Å². The molecule has 0 saturated carbocycles. The number of amides is 1. The summed E-state index contributed by atoms with van der Waals surface area (Å²) in [6.45, 7) is 0.204. The topological polar surface area (TPSA) is 146 Å². The predicted molar refractivity (Wildman–Crippen MR) is 62.9 cm³/mol. The maximum Gasteiger partial charge on any atom is 0.328 e. The molecule has 1 atom stereocenters. The van der Waals surface area contributed by atoms with E-state index in [1.807, 2.05) is 0 Å². The molecule has 0 spiro atoms. The van der Waals surface area contributed by atoms with Crippen molar-refractivity contribution >= 4 is 17.8 Å². The summed E-state index contributed by atoms with van der Waals surface area (Å²) in [7, 11) is 1.25. The van der Waals surface area contributed by atoms with E-state index in [1.165, 1.54) is 7.11 Å². The molecule has 0 unspecified atom stereocenters. The second-order valence-electron chi connectivity index (χ2n) is 3.30. The third-order valence-corrected chi connectivity index (χ3v) is 1.95. The molecule has 0 aliphatic heterocycles. The maximum absolute atomic E-state index is 11.3. The Morgan fingerprint density at radius 2 is 2.06 bits per heavy atom. The Bertz CT molecular complexity index is 288. The molecule has 98 valence electrons. The number of carbonyl (C=O) groups excluding carboxylic acids is 2. The SMILES string of the molecule is COC(=O)[C@H](CCCN=C(N)N)NC(=O)CN. The van der Waals surface area contributed by atoms with E-state index in [2.05, 4.69) is 15.0 Å². The van der Waals surface area contributed by atoms with E-state index in [-0.39, 0.29) is 12.5 Å². The molecule has 0 bridgehead atoms. The number of hydrogen-bond donors (Lipinski definition) is 4. The van der Waals surface area contributed by atoms with E-state index in [0.29, 0.717) is 19.4 Å². The molecular weight excluding hydrogens is 226 g/mol. The van der Waals surface area contributed by atoms with Gasteiger partial charge in [0.05, 0.1) is 13.7 Å². The number of ether oxygens (including phenoxy) is 1. The van der Waals surface area contributed by atoms with Gasteiger partial charge >= 0.3 is 5.97 Å². The Hall–Kier alpha value is -1.83. The van der Waals surface area contributed by atoms with Gasteiger partial charge in [-0.2, -0.15) is 0 Å². The lowest BCUT2D eigenvalue weighted by atomic mass is 10.1. The lowest BCUT2D eigenvalue weighted by Crippen LogP contribution is -2.44. The minimum Gasteiger partial charge on any atom is -0.467 e. The third kappa shape index (κ3) is 7.12. The largest absolute Gasteiger partial charge is 0.467 e. The van der Waals surface area contributed by atoms with Crippen LogP contribution in [-0.4, -0.2) is 44.1 Å². The molecule has 0 saturated heterocycles. The summed E-state index contributed by atoms with van der Waals surface area (Å²) in [6.07, 6.45) is 0.928. The first-order valence-electron chi connectivity index (χ1n) is 5.14. The number of hydrogen-bond acceptors (Lipinski definition) is 5. The zero-order valence-corrected chi connectivity index (χ0v) is 9.81. The van der Waals surface area contributed by atoms with Crippen molar-refractivity contribution in [2.75, 3.05) is 20.2 Å². The number of guanidine groups is 1. The van der Waals surface area contributed by atoms with Crippen LogP contribution in [0.4, 0.5) is 0 Å². The van der Waals surface area contributed by atoms with Gasteiger partial charge in [0.2, 0.25) is 5.91 Å². The van der Waals surface area contributed by atoms with Crippen LogP contribution in [0.5, 0.6) is 0 Å². The summed E-state index contributed by atoms with van der Waals surface area (Å²) in [5.74, 6) is -0.940. The second kappa shape index (κ2) is 8.34. The molecule has 17 heavy (non-hydrogen) atoms. The first kappa shape index (κ1) is 15.2. The predicted octanol–water partition coefficient (Wildman–Crippen LogP) is -2.34. The Kier molecular flexibility index (Phi) is 7.44. The van der Waals surface area contributed by atoms with Crippen molar-refractivity contribution in [1.29, 1.82) is 0 Å². The Balaban J connectivity index is 4.16. The molecule has 0 aliphatic rings. The van der Waals surface area contributed by atoms with Crippen LogP contribution in [0.15, 0.2) is 4.99 Å². The van der Waals surface area contributed by atoms with Gasteiger partial charge in [0.1, 0.15) is 6.04 Å². The molecule has 0 fully saturated rings. The van der Waals surface area contributed by atoms with Crippen molar-refractivity contribution in [2.24, 2.45) is 22.2 Å². The highest BCUT2D eigenvalue weighted by atomic mass is 16.5. The Morgan fingerprint density at radius 3 is 2.53 bits per heavy atom. The molecule has 0 rings (SSSR count). The van der Waals surface area contributed by atoms with Gasteiger partial charge in [-0.15, -0.1) is 0 Å². The molecule has 0 aromatic carbocycles. The Morgan fingerprint density at radius 1 is 1.41 bits per heavy atom. The quantitative estimate of drug-likeness (QED) is 0.171.